The summed E-state index contributed by atoms with van der Waals surface area (Å²) in [4.78, 5) is 11.4. The predicted octanol–water partition coefficient (Wildman–Crippen LogP) is 2.43. The highest BCUT2D eigenvalue weighted by molar-refractivity contribution is 6.01. The molecule has 0 aliphatic heterocycles. The average molecular weight is 192 g/mol. The van der Waals surface area contributed by atoms with Crippen LogP contribution in [-0.2, 0) is 4.79 Å². The molecule has 3 heteroatoms. The summed E-state index contributed by atoms with van der Waals surface area (Å²) in [5.41, 5.74) is 2.89. The minimum absolute atomic E-state index is 0.138. The quantitative estimate of drug-likeness (QED) is 0.747. The topological polar surface area (TPSA) is 45.8 Å². The normalized spacial score (nSPS) is 12.9. The number of aromatic nitrogens is 2. The molecule has 0 amide bonds. The Balaban J connectivity index is 3.18. The Labute approximate surface area is 84.2 Å². The van der Waals surface area contributed by atoms with Crippen molar-refractivity contribution in [2.75, 3.05) is 0 Å². The van der Waals surface area contributed by atoms with E-state index in [1.54, 1.807) is 19.3 Å². The summed E-state index contributed by atoms with van der Waals surface area (Å²) in [5, 5.41) is 6.62. The summed E-state index contributed by atoms with van der Waals surface area (Å²) in [5.74, 6) is 0.390. The fraction of sp³-hybridized carbons (Fsp3) is 0.455. The van der Waals surface area contributed by atoms with Crippen LogP contribution in [0.2, 0.25) is 0 Å². The van der Waals surface area contributed by atoms with E-state index in [2.05, 4.69) is 10.2 Å². The van der Waals surface area contributed by atoms with E-state index in [1.807, 2.05) is 20.8 Å². The molecule has 1 N–H and O–H groups in total. The van der Waals surface area contributed by atoms with Crippen molar-refractivity contribution in [3.05, 3.63) is 23.5 Å². The van der Waals surface area contributed by atoms with Gasteiger partial charge in [-0.2, -0.15) is 5.10 Å². The van der Waals surface area contributed by atoms with E-state index in [0.717, 1.165) is 16.7 Å². The van der Waals surface area contributed by atoms with E-state index < -0.39 is 0 Å². The van der Waals surface area contributed by atoms with E-state index >= 15 is 0 Å². The zero-order chi connectivity index (χ0) is 10.7. The lowest BCUT2D eigenvalue weighted by molar-refractivity contribution is -0.113. The third-order valence-corrected chi connectivity index (χ3v) is 2.29. The summed E-state index contributed by atoms with van der Waals surface area (Å²) in [6.45, 7) is 7.63. The van der Waals surface area contributed by atoms with Crippen LogP contribution in [0.3, 0.4) is 0 Å². The van der Waals surface area contributed by atoms with Crippen molar-refractivity contribution in [1.29, 1.82) is 0 Å². The molecule has 0 atom stereocenters. The second-order valence-electron chi connectivity index (χ2n) is 3.74. The number of Topliss-reactive ketones (excluding diaryl/α,β-unsaturated/α-hetero) is 1. The first kappa shape index (κ1) is 10.7. The summed E-state index contributed by atoms with van der Waals surface area (Å²) in [7, 11) is 0. The smallest absolute Gasteiger partial charge is 0.156 e. The largest absolute Gasteiger partial charge is 0.295 e. The molecule has 0 saturated heterocycles. The lowest BCUT2D eigenvalue weighted by atomic mass is 9.92. The molecule has 0 bridgehead atoms. The zero-order valence-corrected chi connectivity index (χ0v) is 9.09. The van der Waals surface area contributed by atoms with Crippen LogP contribution in [0, 0.1) is 5.92 Å². The fourth-order valence-electron chi connectivity index (χ4n) is 1.72. The number of carbonyl (C=O) groups is 1. The Morgan fingerprint density at radius 1 is 1.43 bits per heavy atom. The molecular formula is C11H16N2O. The lowest BCUT2D eigenvalue weighted by Gasteiger charge is -2.11. The van der Waals surface area contributed by atoms with Gasteiger partial charge in [0.05, 0.1) is 6.20 Å². The summed E-state index contributed by atoms with van der Waals surface area (Å²) < 4.78 is 0. The molecule has 14 heavy (non-hydrogen) atoms. The molecule has 0 saturated carbocycles. The molecule has 1 rings (SSSR count). The van der Waals surface area contributed by atoms with Crippen molar-refractivity contribution in [3.63, 3.8) is 0 Å². The van der Waals surface area contributed by atoms with Gasteiger partial charge in [0.2, 0.25) is 0 Å². The van der Waals surface area contributed by atoms with Gasteiger partial charge in [-0.25, -0.2) is 0 Å². The Hall–Kier alpha value is -1.38. The summed E-state index contributed by atoms with van der Waals surface area (Å²) in [6.07, 6.45) is 3.54. The molecule has 0 unspecified atom stereocenters. The number of carbonyl (C=O) groups excluding carboxylic acids is 1. The fourth-order valence-corrected chi connectivity index (χ4v) is 1.72. The third-order valence-electron chi connectivity index (χ3n) is 2.29. The van der Waals surface area contributed by atoms with E-state index in [9.17, 15) is 4.79 Å². The van der Waals surface area contributed by atoms with Gasteiger partial charge in [0.25, 0.3) is 0 Å². The maximum absolute atomic E-state index is 11.4. The number of aromatic amines is 1. The molecule has 3 nitrogen and oxygen atoms in total. The highest BCUT2D eigenvalue weighted by atomic mass is 16.1. The second kappa shape index (κ2) is 4.22. The van der Waals surface area contributed by atoms with Crippen molar-refractivity contribution in [3.8, 4) is 0 Å². The Kier molecular flexibility index (Phi) is 3.23. The van der Waals surface area contributed by atoms with Crippen molar-refractivity contribution in [2.45, 2.75) is 27.7 Å². The summed E-state index contributed by atoms with van der Waals surface area (Å²) >= 11 is 0. The van der Waals surface area contributed by atoms with Gasteiger partial charge >= 0.3 is 0 Å². The van der Waals surface area contributed by atoms with Crippen LogP contribution in [0.4, 0.5) is 0 Å². The molecule has 0 aliphatic rings. The number of H-pyrrole nitrogens is 1. The Bertz CT molecular complexity index is 347. The molecule has 0 aromatic carbocycles. The number of hydrogen-bond acceptors (Lipinski definition) is 2. The van der Waals surface area contributed by atoms with E-state index in [0.29, 0.717) is 0 Å². The van der Waals surface area contributed by atoms with Gasteiger partial charge < -0.3 is 0 Å². The highest BCUT2D eigenvalue weighted by Crippen LogP contribution is 2.23. The minimum Gasteiger partial charge on any atom is -0.295 e. The van der Waals surface area contributed by atoms with E-state index in [1.165, 1.54) is 0 Å². The molecule has 0 spiro atoms. The van der Waals surface area contributed by atoms with Crippen molar-refractivity contribution in [2.24, 2.45) is 5.92 Å². The molecule has 1 aromatic rings. The molecule has 0 radical (unpaired) electrons. The molecule has 1 heterocycles. The van der Waals surface area contributed by atoms with E-state index in [-0.39, 0.29) is 11.7 Å². The first-order chi connectivity index (χ1) is 6.54. The van der Waals surface area contributed by atoms with Gasteiger partial charge in [0.15, 0.2) is 5.78 Å². The number of nitrogens with zero attached hydrogens (tertiary/aromatic N) is 1. The average Bonchev–Trinajstić information content (AvgIpc) is 2.53. The van der Waals surface area contributed by atoms with Crippen LogP contribution >= 0.6 is 0 Å². The SMILES string of the molecule is CC(=O)/C(=C(\C)c1cn[nH]c1)C(C)C. The van der Waals surface area contributed by atoms with Crippen LogP contribution in [0.1, 0.15) is 33.3 Å². The van der Waals surface area contributed by atoms with Crippen molar-refractivity contribution in [1.82, 2.24) is 10.2 Å². The third kappa shape index (κ3) is 2.10. The lowest BCUT2D eigenvalue weighted by Crippen LogP contribution is -2.06. The van der Waals surface area contributed by atoms with Crippen LogP contribution in [0.5, 0.6) is 0 Å². The van der Waals surface area contributed by atoms with E-state index in [4.69, 9.17) is 0 Å². The number of rotatable bonds is 3. The summed E-state index contributed by atoms with van der Waals surface area (Å²) in [6, 6.07) is 0. The van der Waals surface area contributed by atoms with Crippen molar-refractivity contribution >= 4 is 11.4 Å². The minimum atomic E-state index is 0.138. The van der Waals surface area contributed by atoms with Gasteiger partial charge in [-0.15, -0.1) is 0 Å². The van der Waals surface area contributed by atoms with Gasteiger partial charge in [-0.1, -0.05) is 13.8 Å². The first-order valence-electron chi connectivity index (χ1n) is 4.75. The Morgan fingerprint density at radius 2 is 2.07 bits per heavy atom. The molecule has 0 fully saturated rings. The van der Waals surface area contributed by atoms with Gasteiger partial charge in [0.1, 0.15) is 0 Å². The molecule has 76 valence electrons. The standard InChI is InChI=1S/C11H16N2O/c1-7(2)11(9(4)14)8(3)10-5-12-13-6-10/h5-7H,1-4H3,(H,12,13)/b11-8+. The molecule has 1 aromatic heterocycles. The molecular weight excluding hydrogens is 176 g/mol. The van der Waals surface area contributed by atoms with Crippen LogP contribution in [0.15, 0.2) is 18.0 Å². The maximum atomic E-state index is 11.4. The monoisotopic (exact) mass is 192 g/mol. The highest BCUT2D eigenvalue weighted by Gasteiger charge is 2.13. The van der Waals surface area contributed by atoms with Crippen LogP contribution < -0.4 is 0 Å². The number of ketones is 1. The maximum Gasteiger partial charge on any atom is 0.156 e. The number of nitrogens with one attached hydrogen (secondary N) is 1. The van der Waals surface area contributed by atoms with Gasteiger partial charge in [-0.05, 0) is 25.3 Å². The number of hydrogen-bond donors (Lipinski definition) is 1. The first-order valence-corrected chi connectivity index (χ1v) is 4.75. The van der Waals surface area contributed by atoms with Gasteiger partial charge in [-0.3, -0.25) is 9.89 Å². The zero-order valence-electron chi connectivity index (χ0n) is 9.09. The van der Waals surface area contributed by atoms with Gasteiger partial charge in [0, 0.05) is 17.3 Å². The van der Waals surface area contributed by atoms with Crippen molar-refractivity contribution < 1.29 is 4.79 Å². The Morgan fingerprint density at radius 3 is 2.43 bits per heavy atom. The second-order valence-corrected chi connectivity index (χ2v) is 3.74. The van der Waals surface area contributed by atoms with Crippen LogP contribution in [-0.4, -0.2) is 16.0 Å². The molecule has 0 aliphatic carbocycles. The number of allylic oxidation sites excluding steroid dienone is 2. The van der Waals surface area contributed by atoms with Crippen LogP contribution in [0.25, 0.3) is 5.57 Å². The predicted molar refractivity (Wildman–Crippen MR) is 56.7 cm³/mol.